The molecule has 5 nitrogen and oxygen atoms in total. The van der Waals surface area contributed by atoms with E-state index in [0.29, 0.717) is 39.3 Å². The quantitative estimate of drug-likeness (QED) is 0.511. The number of amides is 2. The van der Waals surface area contributed by atoms with Crippen LogP contribution in [0.15, 0.2) is 23.1 Å². The molecule has 1 heterocycles. The largest absolute Gasteiger partial charge is 0.351 e. The second-order valence-corrected chi connectivity index (χ2v) is 7.39. The number of nitrogens with one attached hydrogen (secondary N) is 2. The number of nitrogens with zero attached hydrogens (tertiary/aromatic N) is 1. The summed E-state index contributed by atoms with van der Waals surface area (Å²) in [5, 5.41) is 2.90. The molecule has 0 aromatic heterocycles. The van der Waals surface area contributed by atoms with Crippen molar-refractivity contribution in [3.8, 4) is 0 Å². The topological polar surface area (TPSA) is 53.9 Å². The van der Waals surface area contributed by atoms with Crippen molar-refractivity contribution in [2.24, 2.45) is 0 Å². The van der Waals surface area contributed by atoms with Gasteiger partial charge in [-0.05, 0) is 24.6 Å². The summed E-state index contributed by atoms with van der Waals surface area (Å²) in [5.41, 5.74) is 0. The fraction of sp³-hybridized carbons (Fsp3) is 0.556. The Kier molecular flexibility index (Phi) is 8.31. The average Bonchev–Trinajstić information content (AvgIpc) is 2.63. The number of carbonyl (C=O) groups excluding carboxylic acids is 2. The van der Waals surface area contributed by atoms with Gasteiger partial charge in [-0.25, -0.2) is 8.78 Å². The molecule has 1 aliphatic rings. The third-order valence-corrected chi connectivity index (χ3v) is 5.35. The van der Waals surface area contributed by atoms with E-state index in [0.717, 1.165) is 47.7 Å². The summed E-state index contributed by atoms with van der Waals surface area (Å²) in [6.45, 7) is 5.79. The number of thioether (sulfide) groups is 1. The van der Waals surface area contributed by atoms with Crippen molar-refractivity contribution < 1.29 is 23.3 Å². The molecule has 0 aliphatic carbocycles. The predicted molar refractivity (Wildman–Crippen MR) is 97.1 cm³/mol. The van der Waals surface area contributed by atoms with Gasteiger partial charge in [0.25, 0.3) is 5.91 Å². The molecule has 2 rings (SSSR count). The molecule has 0 radical (unpaired) electrons. The molecule has 0 bridgehead atoms. The van der Waals surface area contributed by atoms with Gasteiger partial charge in [-0.15, -0.1) is 11.8 Å². The fourth-order valence-electron chi connectivity index (χ4n) is 2.76. The van der Waals surface area contributed by atoms with Crippen LogP contribution in [0.5, 0.6) is 0 Å². The van der Waals surface area contributed by atoms with Crippen LogP contribution in [0.2, 0.25) is 0 Å². The minimum absolute atomic E-state index is 0.0466. The van der Waals surface area contributed by atoms with Gasteiger partial charge in [-0.1, -0.05) is 13.3 Å². The SMILES string of the molecule is CCCCNC(=O)C[NH+]1CCN(C(=O)CSc2cc(F)ccc2F)CC1. The first-order valence-corrected chi connectivity index (χ1v) is 9.94. The van der Waals surface area contributed by atoms with E-state index in [1.807, 2.05) is 0 Å². The Hall–Kier alpha value is -1.67. The molecule has 2 N–H and O–H groups in total. The van der Waals surface area contributed by atoms with Crippen molar-refractivity contribution in [3.63, 3.8) is 0 Å². The molecule has 0 unspecified atom stereocenters. The standard InChI is InChI=1S/C18H25F2N3O2S/c1-2-3-6-21-17(24)12-22-7-9-23(10-8-22)18(25)13-26-16-11-14(19)4-5-15(16)20/h4-5,11H,2-3,6-10,12-13H2,1H3,(H,21,24)/p+1. The fourth-order valence-corrected chi connectivity index (χ4v) is 3.63. The summed E-state index contributed by atoms with van der Waals surface area (Å²) in [5.74, 6) is -1.01. The van der Waals surface area contributed by atoms with Gasteiger partial charge in [0.2, 0.25) is 5.91 Å². The van der Waals surface area contributed by atoms with Crippen molar-refractivity contribution in [1.29, 1.82) is 0 Å². The highest BCUT2D eigenvalue weighted by Gasteiger charge is 2.25. The number of quaternary nitrogens is 1. The molecule has 1 aromatic rings. The Labute approximate surface area is 157 Å². The van der Waals surface area contributed by atoms with Gasteiger partial charge in [0, 0.05) is 11.4 Å². The van der Waals surface area contributed by atoms with E-state index in [-0.39, 0.29) is 22.5 Å². The molecule has 1 saturated heterocycles. The smallest absolute Gasteiger partial charge is 0.275 e. The van der Waals surface area contributed by atoms with Gasteiger partial charge in [-0.2, -0.15) is 0 Å². The highest BCUT2D eigenvalue weighted by atomic mass is 32.2. The average molecular weight is 386 g/mol. The van der Waals surface area contributed by atoms with Gasteiger partial charge in [0.05, 0.1) is 31.9 Å². The summed E-state index contributed by atoms with van der Waals surface area (Å²) in [4.78, 5) is 27.1. The summed E-state index contributed by atoms with van der Waals surface area (Å²) in [6, 6.07) is 3.23. The van der Waals surface area contributed by atoms with E-state index < -0.39 is 11.6 Å². The first kappa shape index (κ1) is 20.6. The number of rotatable bonds is 8. The molecule has 1 fully saturated rings. The van der Waals surface area contributed by atoms with Crippen LogP contribution in [0.25, 0.3) is 0 Å². The molecular formula is C18H26F2N3O2S+. The monoisotopic (exact) mass is 386 g/mol. The molecule has 0 spiro atoms. The Morgan fingerprint density at radius 3 is 2.69 bits per heavy atom. The van der Waals surface area contributed by atoms with Gasteiger partial charge < -0.3 is 15.1 Å². The van der Waals surface area contributed by atoms with E-state index in [9.17, 15) is 18.4 Å². The number of hydrogen-bond donors (Lipinski definition) is 2. The number of hydrogen-bond acceptors (Lipinski definition) is 3. The molecule has 144 valence electrons. The molecule has 0 atom stereocenters. The van der Waals surface area contributed by atoms with Crippen LogP contribution in [0.1, 0.15) is 19.8 Å². The van der Waals surface area contributed by atoms with E-state index in [1.165, 1.54) is 0 Å². The van der Waals surface area contributed by atoms with Crippen molar-refractivity contribution in [3.05, 3.63) is 29.8 Å². The van der Waals surface area contributed by atoms with Crippen LogP contribution in [-0.2, 0) is 9.59 Å². The molecule has 26 heavy (non-hydrogen) atoms. The minimum atomic E-state index is -0.521. The van der Waals surface area contributed by atoms with E-state index in [4.69, 9.17) is 0 Å². The number of benzene rings is 1. The molecule has 0 saturated carbocycles. The zero-order valence-corrected chi connectivity index (χ0v) is 15.8. The van der Waals surface area contributed by atoms with E-state index in [2.05, 4.69) is 12.2 Å². The van der Waals surface area contributed by atoms with Crippen molar-refractivity contribution in [1.82, 2.24) is 10.2 Å². The lowest BCUT2D eigenvalue weighted by atomic mass is 10.3. The number of unbranched alkanes of at least 4 members (excludes halogenated alkanes) is 1. The Morgan fingerprint density at radius 1 is 1.27 bits per heavy atom. The normalized spacial score (nSPS) is 15.1. The first-order valence-electron chi connectivity index (χ1n) is 8.95. The molecular weight excluding hydrogens is 360 g/mol. The number of halogens is 2. The molecule has 1 aliphatic heterocycles. The molecule has 8 heteroatoms. The van der Waals surface area contributed by atoms with E-state index >= 15 is 0 Å². The van der Waals surface area contributed by atoms with Crippen molar-refractivity contribution >= 4 is 23.6 Å². The third-order valence-electron chi connectivity index (χ3n) is 4.33. The second-order valence-electron chi connectivity index (χ2n) is 6.37. The predicted octanol–water partition coefficient (Wildman–Crippen LogP) is 0.700. The highest BCUT2D eigenvalue weighted by Crippen LogP contribution is 2.22. The maximum Gasteiger partial charge on any atom is 0.275 e. The Bertz CT molecular complexity index is 622. The maximum atomic E-state index is 13.6. The first-order chi connectivity index (χ1) is 12.5. The highest BCUT2D eigenvalue weighted by molar-refractivity contribution is 8.00. The summed E-state index contributed by atoms with van der Waals surface area (Å²) in [7, 11) is 0. The maximum absolute atomic E-state index is 13.6. The summed E-state index contributed by atoms with van der Waals surface area (Å²) < 4.78 is 26.8. The van der Waals surface area contributed by atoms with Crippen LogP contribution in [-0.4, -0.2) is 61.7 Å². The Morgan fingerprint density at radius 2 is 2.00 bits per heavy atom. The van der Waals surface area contributed by atoms with Gasteiger partial charge in [0.15, 0.2) is 6.54 Å². The van der Waals surface area contributed by atoms with Crippen LogP contribution in [0.4, 0.5) is 8.78 Å². The van der Waals surface area contributed by atoms with Crippen LogP contribution in [0, 0.1) is 11.6 Å². The zero-order valence-electron chi connectivity index (χ0n) is 15.0. The lowest BCUT2D eigenvalue weighted by Crippen LogP contribution is -3.15. The third kappa shape index (κ3) is 6.57. The van der Waals surface area contributed by atoms with E-state index in [1.54, 1.807) is 4.90 Å². The van der Waals surface area contributed by atoms with Crippen LogP contribution in [0.3, 0.4) is 0 Å². The van der Waals surface area contributed by atoms with Crippen LogP contribution >= 0.6 is 11.8 Å². The number of carbonyl (C=O) groups is 2. The minimum Gasteiger partial charge on any atom is -0.351 e. The second kappa shape index (κ2) is 10.5. The van der Waals surface area contributed by atoms with Gasteiger partial charge in [-0.3, -0.25) is 9.59 Å². The molecule has 1 aromatic carbocycles. The van der Waals surface area contributed by atoms with Crippen LogP contribution < -0.4 is 10.2 Å². The molecule has 2 amide bonds. The Balaban J connectivity index is 1.71. The summed E-state index contributed by atoms with van der Waals surface area (Å²) >= 11 is 1.01. The van der Waals surface area contributed by atoms with Crippen molar-refractivity contribution in [2.75, 3.05) is 45.0 Å². The lowest BCUT2D eigenvalue weighted by Gasteiger charge is -2.31. The van der Waals surface area contributed by atoms with Crippen molar-refractivity contribution in [2.45, 2.75) is 24.7 Å². The number of piperazine rings is 1. The lowest BCUT2D eigenvalue weighted by molar-refractivity contribution is -0.896. The van der Waals surface area contributed by atoms with Gasteiger partial charge >= 0.3 is 0 Å². The zero-order chi connectivity index (χ0) is 18.9. The van der Waals surface area contributed by atoms with Gasteiger partial charge in [0.1, 0.15) is 11.6 Å². The summed E-state index contributed by atoms with van der Waals surface area (Å²) in [6.07, 6.45) is 2.03.